The fraction of sp³-hybridized carbons (Fsp3) is 0.533. The van der Waals surface area contributed by atoms with Crippen molar-refractivity contribution in [1.82, 2.24) is 4.90 Å². The zero-order valence-electron chi connectivity index (χ0n) is 11.5. The number of nitrogens with zero attached hydrogens (tertiary/aromatic N) is 2. The van der Waals surface area contributed by atoms with Gasteiger partial charge in [0, 0.05) is 18.7 Å². The molecule has 1 aromatic carbocycles. The van der Waals surface area contributed by atoms with E-state index in [0.717, 1.165) is 37.6 Å². The molecule has 0 amide bonds. The van der Waals surface area contributed by atoms with Crippen molar-refractivity contribution in [3.05, 3.63) is 35.9 Å². The van der Waals surface area contributed by atoms with E-state index < -0.39 is 0 Å². The summed E-state index contributed by atoms with van der Waals surface area (Å²) in [6.45, 7) is 7.77. The molecule has 0 saturated carbocycles. The molecule has 2 heterocycles. The Hall–Kier alpha value is -1.39. The van der Waals surface area contributed by atoms with Crippen LogP contribution in [0, 0.1) is 5.41 Å². The van der Waals surface area contributed by atoms with Crippen LogP contribution >= 0.6 is 0 Å². The molecule has 4 heteroatoms. The predicted octanol–water partition coefficient (Wildman–Crippen LogP) is 2.11. The van der Waals surface area contributed by atoms with Crippen molar-refractivity contribution >= 4 is 5.71 Å². The van der Waals surface area contributed by atoms with Crippen LogP contribution in [0.2, 0.25) is 0 Å². The second-order valence-electron chi connectivity index (χ2n) is 5.63. The Balaban J connectivity index is 1.82. The molecule has 0 aliphatic carbocycles. The number of benzene rings is 1. The van der Waals surface area contributed by atoms with Gasteiger partial charge in [-0.3, -0.25) is 4.90 Å². The highest BCUT2D eigenvalue weighted by Gasteiger charge is 2.46. The van der Waals surface area contributed by atoms with Crippen LogP contribution < -0.4 is 0 Å². The highest BCUT2D eigenvalue weighted by atomic mass is 16.7. The van der Waals surface area contributed by atoms with Crippen LogP contribution in [0.25, 0.3) is 0 Å². The Bertz CT molecular complexity index is 464. The fourth-order valence-electron chi connectivity index (χ4n) is 2.82. The Morgan fingerprint density at radius 3 is 2.53 bits per heavy atom. The molecular weight excluding hydrogens is 240 g/mol. The van der Waals surface area contributed by atoms with Gasteiger partial charge in [-0.25, -0.2) is 0 Å². The standard InChI is InChI=1S/C15H20N2O2/c1-15(2)13(12-6-4-3-5-7-12)16-19-14(15)17-8-10-18-11-9-17/h3-7,14H,8-11H2,1-2H3/t14-/m0/s1. The molecule has 0 bridgehead atoms. The smallest absolute Gasteiger partial charge is 0.192 e. The van der Waals surface area contributed by atoms with E-state index in [1.807, 2.05) is 18.2 Å². The van der Waals surface area contributed by atoms with E-state index in [4.69, 9.17) is 9.57 Å². The van der Waals surface area contributed by atoms with E-state index in [-0.39, 0.29) is 11.6 Å². The first kappa shape index (κ1) is 12.6. The molecule has 102 valence electrons. The van der Waals surface area contributed by atoms with Crippen molar-refractivity contribution in [3.63, 3.8) is 0 Å². The topological polar surface area (TPSA) is 34.1 Å². The molecule has 0 N–H and O–H groups in total. The molecular formula is C15H20N2O2. The van der Waals surface area contributed by atoms with Gasteiger partial charge in [-0.2, -0.15) is 0 Å². The quantitative estimate of drug-likeness (QED) is 0.816. The second kappa shape index (κ2) is 4.94. The third kappa shape index (κ3) is 2.26. The number of rotatable bonds is 2. The lowest BCUT2D eigenvalue weighted by molar-refractivity contribution is -0.113. The lowest BCUT2D eigenvalue weighted by atomic mass is 9.81. The van der Waals surface area contributed by atoms with Gasteiger partial charge >= 0.3 is 0 Å². The minimum Gasteiger partial charge on any atom is -0.379 e. The number of oxime groups is 1. The zero-order valence-corrected chi connectivity index (χ0v) is 11.5. The van der Waals surface area contributed by atoms with Crippen molar-refractivity contribution in [2.75, 3.05) is 26.3 Å². The molecule has 1 fully saturated rings. The molecule has 2 aliphatic rings. The van der Waals surface area contributed by atoms with Gasteiger partial charge in [0.15, 0.2) is 6.23 Å². The maximum Gasteiger partial charge on any atom is 0.192 e. The van der Waals surface area contributed by atoms with Crippen LogP contribution in [0.3, 0.4) is 0 Å². The first-order valence-electron chi connectivity index (χ1n) is 6.81. The summed E-state index contributed by atoms with van der Waals surface area (Å²) in [5.41, 5.74) is 2.06. The Kier molecular flexibility index (Phi) is 3.29. The maximum atomic E-state index is 5.73. The van der Waals surface area contributed by atoms with Crippen LogP contribution in [0.5, 0.6) is 0 Å². The van der Waals surface area contributed by atoms with E-state index in [2.05, 4.69) is 36.0 Å². The van der Waals surface area contributed by atoms with E-state index in [1.54, 1.807) is 0 Å². The van der Waals surface area contributed by atoms with Gasteiger partial charge < -0.3 is 9.57 Å². The molecule has 2 aliphatic heterocycles. The second-order valence-corrected chi connectivity index (χ2v) is 5.63. The fourth-order valence-corrected chi connectivity index (χ4v) is 2.82. The minimum absolute atomic E-state index is 0.00612. The van der Waals surface area contributed by atoms with Crippen molar-refractivity contribution < 1.29 is 9.57 Å². The van der Waals surface area contributed by atoms with Gasteiger partial charge in [-0.15, -0.1) is 0 Å². The third-order valence-electron chi connectivity index (χ3n) is 3.90. The summed E-state index contributed by atoms with van der Waals surface area (Å²) in [5.74, 6) is 0. The van der Waals surface area contributed by atoms with Crippen molar-refractivity contribution in [3.8, 4) is 0 Å². The van der Waals surface area contributed by atoms with Crippen LogP contribution in [0.15, 0.2) is 35.5 Å². The monoisotopic (exact) mass is 260 g/mol. The summed E-state index contributed by atoms with van der Waals surface area (Å²) in [4.78, 5) is 8.06. The van der Waals surface area contributed by atoms with Crippen LogP contribution in [0.4, 0.5) is 0 Å². The third-order valence-corrected chi connectivity index (χ3v) is 3.90. The van der Waals surface area contributed by atoms with Gasteiger partial charge in [-0.1, -0.05) is 35.5 Å². The van der Waals surface area contributed by atoms with Gasteiger partial charge in [-0.05, 0) is 13.8 Å². The Morgan fingerprint density at radius 2 is 1.84 bits per heavy atom. The van der Waals surface area contributed by atoms with Crippen LogP contribution in [-0.2, 0) is 9.57 Å². The van der Waals surface area contributed by atoms with E-state index in [9.17, 15) is 0 Å². The molecule has 1 atom stereocenters. The molecule has 19 heavy (non-hydrogen) atoms. The molecule has 1 aromatic rings. The number of morpholine rings is 1. The molecule has 0 spiro atoms. The lowest BCUT2D eigenvalue weighted by Crippen LogP contribution is -2.51. The van der Waals surface area contributed by atoms with Gasteiger partial charge in [0.1, 0.15) is 0 Å². The highest BCUT2D eigenvalue weighted by molar-refractivity contribution is 6.05. The summed E-state index contributed by atoms with van der Waals surface area (Å²) >= 11 is 0. The number of hydrogen-bond donors (Lipinski definition) is 0. The van der Waals surface area contributed by atoms with Gasteiger partial charge in [0.05, 0.1) is 24.3 Å². The summed E-state index contributed by atoms with van der Waals surface area (Å²) in [6, 6.07) is 10.3. The predicted molar refractivity (Wildman–Crippen MR) is 74.0 cm³/mol. The average Bonchev–Trinajstić information content (AvgIpc) is 2.76. The normalized spacial score (nSPS) is 26.8. The highest BCUT2D eigenvalue weighted by Crippen LogP contribution is 2.36. The minimum atomic E-state index is -0.112. The maximum absolute atomic E-state index is 5.73. The zero-order chi connectivity index (χ0) is 13.3. The molecule has 0 aromatic heterocycles. The molecule has 1 saturated heterocycles. The first-order chi connectivity index (χ1) is 9.19. The van der Waals surface area contributed by atoms with Crippen LogP contribution in [0.1, 0.15) is 19.4 Å². The van der Waals surface area contributed by atoms with Gasteiger partial charge in [0.25, 0.3) is 0 Å². The summed E-state index contributed by atoms with van der Waals surface area (Å²) < 4.78 is 5.40. The average molecular weight is 260 g/mol. The first-order valence-corrected chi connectivity index (χ1v) is 6.81. The molecule has 4 nitrogen and oxygen atoms in total. The van der Waals surface area contributed by atoms with Crippen molar-refractivity contribution in [1.29, 1.82) is 0 Å². The number of ether oxygens (including phenoxy) is 1. The molecule has 0 radical (unpaired) electrons. The Morgan fingerprint density at radius 1 is 1.16 bits per heavy atom. The number of hydrogen-bond acceptors (Lipinski definition) is 4. The summed E-state index contributed by atoms with van der Waals surface area (Å²) in [5, 5.41) is 4.35. The summed E-state index contributed by atoms with van der Waals surface area (Å²) in [6.07, 6.45) is 0.00612. The van der Waals surface area contributed by atoms with E-state index in [1.165, 1.54) is 0 Å². The Labute approximate surface area is 114 Å². The van der Waals surface area contributed by atoms with Crippen molar-refractivity contribution in [2.24, 2.45) is 10.6 Å². The molecule has 3 rings (SSSR count). The SMILES string of the molecule is CC1(C)C(c2ccccc2)=NO[C@@H]1N1CCOCC1. The largest absolute Gasteiger partial charge is 0.379 e. The molecule has 0 unspecified atom stereocenters. The lowest BCUT2D eigenvalue weighted by Gasteiger charge is -2.37. The van der Waals surface area contributed by atoms with Crippen molar-refractivity contribution in [2.45, 2.75) is 20.1 Å². The van der Waals surface area contributed by atoms with E-state index in [0.29, 0.717) is 0 Å². The summed E-state index contributed by atoms with van der Waals surface area (Å²) in [7, 11) is 0. The van der Waals surface area contributed by atoms with Gasteiger partial charge in [0.2, 0.25) is 0 Å². The van der Waals surface area contributed by atoms with E-state index >= 15 is 0 Å². The van der Waals surface area contributed by atoms with Crippen LogP contribution in [-0.4, -0.2) is 43.1 Å².